The molecule has 0 bridgehead atoms. The molecule has 0 radical (unpaired) electrons. The van der Waals surface area contributed by atoms with Gasteiger partial charge >= 0.3 is 0 Å². The highest BCUT2D eigenvalue weighted by atomic mass is 32.2. The Morgan fingerprint density at radius 2 is 2.12 bits per heavy atom. The molecule has 0 aromatic heterocycles. The van der Waals surface area contributed by atoms with Crippen LogP contribution in [0.1, 0.15) is 32.1 Å². The number of piperidine rings is 1. The van der Waals surface area contributed by atoms with Crippen molar-refractivity contribution < 1.29 is 13.6 Å². The maximum atomic E-state index is 12.6. The second-order valence-corrected chi connectivity index (χ2v) is 7.98. The van der Waals surface area contributed by atoms with Crippen molar-refractivity contribution in [3.8, 4) is 0 Å². The summed E-state index contributed by atoms with van der Waals surface area (Å²) in [6.07, 6.45) is 10.3. The molecule has 0 saturated carbocycles. The summed E-state index contributed by atoms with van der Waals surface area (Å²) in [7, 11) is 0. The van der Waals surface area contributed by atoms with E-state index < -0.39 is 5.76 Å². The Labute approximate surface area is 151 Å². The van der Waals surface area contributed by atoms with Crippen molar-refractivity contribution in [2.45, 2.75) is 42.8 Å². The number of carbonyl (C=O) groups is 1. The van der Waals surface area contributed by atoms with E-state index >= 15 is 0 Å². The van der Waals surface area contributed by atoms with Gasteiger partial charge in [-0.2, -0.15) is 8.78 Å². The standard InChI is InChI=1S/C19H24F2N2OS/c20-18(21)25-16-8-3-2-7-15(16)22-17(24)13-23-12-6-11-19(14-23)9-4-1-5-10-19/h1-4,7-8,18H,5-6,9-14H2,(H,22,24)/t19-/m1/s1. The van der Waals surface area contributed by atoms with Crippen molar-refractivity contribution >= 4 is 23.4 Å². The zero-order chi connectivity index (χ0) is 17.7. The third-order valence-corrected chi connectivity index (χ3v) is 5.83. The van der Waals surface area contributed by atoms with Crippen molar-refractivity contribution in [1.29, 1.82) is 0 Å². The fourth-order valence-corrected chi connectivity index (χ4v) is 4.52. The third kappa shape index (κ3) is 5.05. The van der Waals surface area contributed by atoms with E-state index in [9.17, 15) is 13.6 Å². The van der Waals surface area contributed by atoms with Gasteiger partial charge in [0.1, 0.15) is 0 Å². The van der Waals surface area contributed by atoms with Gasteiger partial charge < -0.3 is 5.32 Å². The summed E-state index contributed by atoms with van der Waals surface area (Å²) in [6.45, 7) is 2.18. The Kier molecular flexibility index (Phi) is 6.12. The molecule has 2 aliphatic rings. The largest absolute Gasteiger partial charge is 0.324 e. The highest BCUT2D eigenvalue weighted by Crippen LogP contribution is 2.40. The van der Waals surface area contributed by atoms with Crippen LogP contribution in [0, 0.1) is 5.41 Å². The number of nitrogens with zero attached hydrogens (tertiary/aromatic N) is 1. The molecule has 1 atom stereocenters. The van der Waals surface area contributed by atoms with Gasteiger partial charge in [-0.1, -0.05) is 36.0 Å². The van der Waals surface area contributed by atoms with Gasteiger partial charge in [0, 0.05) is 11.4 Å². The predicted octanol–water partition coefficient (Wildman–Crippen LogP) is 4.76. The zero-order valence-corrected chi connectivity index (χ0v) is 15.0. The van der Waals surface area contributed by atoms with Crippen LogP contribution in [0.15, 0.2) is 41.3 Å². The molecule has 1 aromatic carbocycles. The molecule has 3 nitrogen and oxygen atoms in total. The smallest absolute Gasteiger partial charge is 0.288 e. The minimum atomic E-state index is -2.50. The monoisotopic (exact) mass is 366 g/mol. The van der Waals surface area contributed by atoms with Gasteiger partial charge in [0.2, 0.25) is 5.91 Å². The summed E-state index contributed by atoms with van der Waals surface area (Å²) in [5.74, 6) is -2.63. The van der Waals surface area contributed by atoms with E-state index in [1.165, 1.54) is 12.8 Å². The van der Waals surface area contributed by atoms with Gasteiger partial charge in [-0.25, -0.2) is 0 Å². The van der Waals surface area contributed by atoms with Crippen molar-refractivity contribution in [2.24, 2.45) is 5.41 Å². The van der Waals surface area contributed by atoms with Gasteiger partial charge in [-0.05, 0) is 56.2 Å². The number of allylic oxidation sites excluding steroid dienone is 2. The van der Waals surface area contributed by atoms with Crippen molar-refractivity contribution in [1.82, 2.24) is 4.90 Å². The Hall–Kier alpha value is -1.40. The fourth-order valence-electron chi connectivity index (χ4n) is 3.92. The second-order valence-electron chi connectivity index (χ2n) is 6.95. The predicted molar refractivity (Wildman–Crippen MR) is 98.0 cm³/mol. The first-order valence-electron chi connectivity index (χ1n) is 8.77. The van der Waals surface area contributed by atoms with Crippen LogP contribution in [0.5, 0.6) is 0 Å². The number of carbonyl (C=O) groups excluding carboxylic acids is 1. The summed E-state index contributed by atoms with van der Waals surface area (Å²) in [4.78, 5) is 15.0. The number of rotatable bonds is 5. The lowest BCUT2D eigenvalue weighted by atomic mass is 9.71. The van der Waals surface area contributed by atoms with E-state index in [4.69, 9.17) is 0 Å². The Bertz CT molecular complexity index is 638. The Morgan fingerprint density at radius 3 is 2.88 bits per heavy atom. The number of benzene rings is 1. The van der Waals surface area contributed by atoms with Crippen LogP contribution in [-0.4, -0.2) is 36.2 Å². The molecule has 1 heterocycles. The molecule has 1 spiro atoms. The second kappa shape index (κ2) is 8.32. The molecule has 1 fully saturated rings. The number of para-hydroxylation sites is 1. The molecule has 0 unspecified atom stereocenters. The van der Waals surface area contributed by atoms with Crippen LogP contribution in [0.2, 0.25) is 0 Å². The molecule has 1 amide bonds. The maximum Gasteiger partial charge on any atom is 0.288 e. The summed E-state index contributed by atoms with van der Waals surface area (Å²) in [5, 5.41) is 2.81. The molecule has 25 heavy (non-hydrogen) atoms. The number of halogens is 2. The maximum absolute atomic E-state index is 12.6. The molecule has 1 saturated heterocycles. The SMILES string of the molecule is O=C(CN1CCC[C@]2(CC=CCC2)C1)Nc1ccccc1SC(F)F. The van der Waals surface area contributed by atoms with Crippen molar-refractivity contribution in [3.05, 3.63) is 36.4 Å². The van der Waals surface area contributed by atoms with Crippen LogP contribution in [-0.2, 0) is 4.79 Å². The third-order valence-electron chi connectivity index (χ3n) is 5.04. The lowest BCUT2D eigenvalue weighted by Gasteiger charge is -2.43. The molecule has 1 aromatic rings. The van der Waals surface area contributed by atoms with E-state index in [-0.39, 0.29) is 5.91 Å². The highest BCUT2D eigenvalue weighted by molar-refractivity contribution is 7.99. The first-order chi connectivity index (χ1) is 12.1. The van der Waals surface area contributed by atoms with Crippen LogP contribution < -0.4 is 5.32 Å². The number of amides is 1. The van der Waals surface area contributed by atoms with Gasteiger partial charge in [-0.3, -0.25) is 9.69 Å². The number of anilines is 1. The van der Waals surface area contributed by atoms with Gasteiger partial charge in [0.25, 0.3) is 5.76 Å². The zero-order valence-electron chi connectivity index (χ0n) is 14.2. The molecular formula is C19H24F2N2OS. The highest BCUT2D eigenvalue weighted by Gasteiger charge is 2.35. The lowest BCUT2D eigenvalue weighted by Crippen LogP contribution is -2.46. The average Bonchev–Trinajstić information content (AvgIpc) is 2.57. The molecule has 1 N–H and O–H groups in total. The number of nitrogens with one attached hydrogen (secondary N) is 1. The summed E-state index contributed by atoms with van der Waals surface area (Å²) < 4.78 is 25.3. The van der Waals surface area contributed by atoms with Crippen LogP contribution >= 0.6 is 11.8 Å². The minimum absolute atomic E-state index is 0.134. The van der Waals surface area contributed by atoms with E-state index in [0.717, 1.165) is 32.4 Å². The molecule has 1 aliphatic heterocycles. The Morgan fingerprint density at radius 1 is 1.28 bits per heavy atom. The number of likely N-dealkylation sites (tertiary alicyclic amines) is 1. The fraction of sp³-hybridized carbons (Fsp3) is 0.526. The topological polar surface area (TPSA) is 32.3 Å². The van der Waals surface area contributed by atoms with E-state index in [1.807, 2.05) is 0 Å². The van der Waals surface area contributed by atoms with Crippen molar-refractivity contribution in [3.63, 3.8) is 0 Å². The van der Waals surface area contributed by atoms with Gasteiger partial charge in [-0.15, -0.1) is 0 Å². The first-order valence-corrected chi connectivity index (χ1v) is 9.65. The molecule has 1 aliphatic carbocycles. The van der Waals surface area contributed by atoms with Crippen LogP contribution in [0.4, 0.5) is 14.5 Å². The number of hydrogen-bond donors (Lipinski definition) is 1. The van der Waals surface area contributed by atoms with Gasteiger partial charge in [0.05, 0.1) is 12.2 Å². The Balaban J connectivity index is 1.58. The normalized spacial score (nSPS) is 24.0. The van der Waals surface area contributed by atoms with Crippen molar-refractivity contribution in [2.75, 3.05) is 25.0 Å². The van der Waals surface area contributed by atoms with Crippen LogP contribution in [0.25, 0.3) is 0 Å². The number of alkyl halides is 2. The quantitative estimate of drug-likeness (QED) is 0.602. The number of hydrogen-bond acceptors (Lipinski definition) is 3. The summed E-state index contributed by atoms with van der Waals surface area (Å²) in [5.41, 5.74) is 0.779. The van der Waals surface area contributed by atoms with E-state index in [1.54, 1.807) is 24.3 Å². The molecule has 3 rings (SSSR count). The average molecular weight is 366 g/mol. The van der Waals surface area contributed by atoms with E-state index in [0.29, 0.717) is 34.3 Å². The summed E-state index contributed by atoms with van der Waals surface area (Å²) >= 11 is 0.461. The lowest BCUT2D eigenvalue weighted by molar-refractivity contribution is -0.118. The minimum Gasteiger partial charge on any atom is -0.324 e. The summed E-state index contributed by atoms with van der Waals surface area (Å²) in [6, 6.07) is 6.73. The molecule has 6 heteroatoms. The van der Waals surface area contributed by atoms with Crippen LogP contribution in [0.3, 0.4) is 0 Å². The number of thioether (sulfide) groups is 1. The van der Waals surface area contributed by atoms with E-state index in [2.05, 4.69) is 22.4 Å². The molecule has 136 valence electrons. The first kappa shape index (κ1) is 18.4. The van der Waals surface area contributed by atoms with Gasteiger partial charge in [0.15, 0.2) is 0 Å². The molecular weight excluding hydrogens is 342 g/mol.